The Hall–Kier alpha value is -1.14. The predicted molar refractivity (Wildman–Crippen MR) is 79.6 cm³/mol. The van der Waals surface area contributed by atoms with E-state index in [9.17, 15) is 9.59 Å². The van der Waals surface area contributed by atoms with E-state index in [-0.39, 0.29) is 42.9 Å². The van der Waals surface area contributed by atoms with Crippen molar-refractivity contribution in [1.29, 1.82) is 0 Å². The molecule has 0 aromatic rings. The van der Waals surface area contributed by atoms with Crippen molar-refractivity contribution in [1.82, 2.24) is 10.6 Å². The Kier molecular flexibility index (Phi) is 7.11. The van der Waals surface area contributed by atoms with Gasteiger partial charge >= 0.3 is 0 Å². The van der Waals surface area contributed by atoms with Gasteiger partial charge < -0.3 is 20.5 Å². The van der Waals surface area contributed by atoms with Crippen LogP contribution in [-0.4, -0.2) is 48.3 Å². The molecule has 3 N–H and O–H groups in total. The molecular formula is C15H28N2O4. The molecule has 6 heteroatoms. The van der Waals surface area contributed by atoms with Crippen LogP contribution in [0.2, 0.25) is 0 Å². The summed E-state index contributed by atoms with van der Waals surface area (Å²) in [7, 11) is 0. The standard InChI is InChI=1S/C15H28N2O4/c1-9(2)7-12(14(19)16-5-6-18)17-15(20)13-10(3)8-11(4)21-13/h9-13,18H,5-8H2,1-4H3,(H,16,19)(H,17,20)/t10-,11+,12+,13-/m1/s1. The monoisotopic (exact) mass is 300 g/mol. The lowest BCUT2D eigenvalue weighted by molar-refractivity contribution is -0.137. The molecule has 21 heavy (non-hydrogen) atoms. The van der Waals surface area contributed by atoms with Gasteiger partial charge in [0, 0.05) is 6.54 Å². The third kappa shape index (κ3) is 5.63. The average molecular weight is 300 g/mol. The van der Waals surface area contributed by atoms with E-state index in [1.165, 1.54) is 0 Å². The van der Waals surface area contributed by atoms with Gasteiger partial charge in [0.15, 0.2) is 0 Å². The number of ether oxygens (including phenoxy) is 1. The van der Waals surface area contributed by atoms with Crippen LogP contribution in [0.1, 0.15) is 40.5 Å². The molecule has 0 radical (unpaired) electrons. The summed E-state index contributed by atoms with van der Waals surface area (Å²) in [5, 5.41) is 14.2. The number of aliphatic hydroxyl groups is 1. The predicted octanol–water partition coefficient (Wildman–Crippen LogP) is 0.439. The molecule has 0 aromatic carbocycles. The van der Waals surface area contributed by atoms with E-state index in [2.05, 4.69) is 10.6 Å². The summed E-state index contributed by atoms with van der Waals surface area (Å²) >= 11 is 0. The fourth-order valence-electron chi connectivity index (χ4n) is 2.67. The Labute approximate surface area is 126 Å². The van der Waals surface area contributed by atoms with Crippen LogP contribution < -0.4 is 10.6 Å². The van der Waals surface area contributed by atoms with Gasteiger partial charge in [0.25, 0.3) is 0 Å². The second-order valence-corrected chi connectivity index (χ2v) is 6.29. The van der Waals surface area contributed by atoms with Gasteiger partial charge in [-0.25, -0.2) is 0 Å². The summed E-state index contributed by atoms with van der Waals surface area (Å²) in [6.45, 7) is 8.00. The molecule has 0 bridgehead atoms. The minimum Gasteiger partial charge on any atom is -0.395 e. The molecule has 1 heterocycles. The zero-order valence-corrected chi connectivity index (χ0v) is 13.4. The number of amides is 2. The zero-order chi connectivity index (χ0) is 16.0. The molecule has 1 rings (SSSR count). The van der Waals surface area contributed by atoms with Gasteiger partial charge in [-0.1, -0.05) is 20.8 Å². The fraction of sp³-hybridized carbons (Fsp3) is 0.867. The van der Waals surface area contributed by atoms with E-state index in [0.717, 1.165) is 6.42 Å². The van der Waals surface area contributed by atoms with Crippen LogP contribution in [0.25, 0.3) is 0 Å². The van der Waals surface area contributed by atoms with Gasteiger partial charge in [0.1, 0.15) is 12.1 Å². The van der Waals surface area contributed by atoms with E-state index in [1.807, 2.05) is 27.7 Å². The van der Waals surface area contributed by atoms with Crippen LogP contribution in [0.5, 0.6) is 0 Å². The lowest BCUT2D eigenvalue weighted by Crippen LogP contribution is -2.51. The minimum atomic E-state index is -0.587. The maximum absolute atomic E-state index is 12.3. The van der Waals surface area contributed by atoms with Gasteiger partial charge in [-0.3, -0.25) is 9.59 Å². The molecule has 0 saturated carbocycles. The third-order valence-electron chi connectivity index (χ3n) is 3.61. The Morgan fingerprint density at radius 1 is 1.33 bits per heavy atom. The van der Waals surface area contributed by atoms with Gasteiger partial charge in [0.2, 0.25) is 11.8 Å². The molecule has 122 valence electrons. The smallest absolute Gasteiger partial charge is 0.250 e. The zero-order valence-electron chi connectivity index (χ0n) is 13.4. The molecule has 0 aliphatic carbocycles. The first-order valence-corrected chi connectivity index (χ1v) is 7.69. The normalized spacial score (nSPS) is 26.7. The van der Waals surface area contributed by atoms with Crippen LogP contribution in [-0.2, 0) is 14.3 Å². The number of hydrogen-bond acceptors (Lipinski definition) is 4. The van der Waals surface area contributed by atoms with E-state index < -0.39 is 12.1 Å². The molecule has 6 nitrogen and oxygen atoms in total. The van der Waals surface area contributed by atoms with Crippen LogP contribution >= 0.6 is 0 Å². The molecule has 0 unspecified atom stereocenters. The summed E-state index contributed by atoms with van der Waals surface area (Å²) < 4.78 is 5.62. The first kappa shape index (κ1) is 17.9. The van der Waals surface area contributed by atoms with E-state index in [1.54, 1.807) is 0 Å². The lowest BCUT2D eigenvalue weighted by atomic mass is 9.99. The highest BCUT2D eigenvalue weighted by molar-refractivity contribution is 5.89. The Balaban J connectivity index is 2.62. The summed E-state index contributed by atoms with van der Waals surface area (Å²) in [6.07, 6.45) is 0.992. The summed E-state index contributed by atoms with van der Waals surface area (Å²) in [6, 6.07) is -0.587. The van der Waals surface area contributed by atoms with Crippen LogP contribution in [0.15, 0.2) is 0 Å². The Morgan fingerprint density at radius 3 is 2.48 bits per heavy atom. The highest BCUT2D eigenvalue weighted by atomic mass is 16.5. The number of nitrogens with one attached hydrogen (secondary N) is 2. The minimum absolute atomic E-state index is 0.0718. The van der Waals surface area contributed by atoms with Crippen molar-refractivity contribution in [3.63, 3.8) is 0 Å². The van der Waals surface area contributed by atoms with Gasteiger partial charge in [-0.05, 0) is 31.6 Å². The van der Waals surface area contributed by atoms with Crippen molar-refractivity contribution >= 4 is 11.8 Å². The summed E-state index contributed by atoms with van der Waals surface area (Å²) in [5.41, 5.74) is 0. The topological polar surface area (TPSA) is 87.7 Å². The number of hydrogen-bond donors (Lipinski definition) is 3. The summed E-state index contributed by atoms with van der Waals surface area (Å²) in [5.74, 6) is -0.0577. The molecule has 1 aliphatic rings. The Bertz CT molecular complexity index is 360. The number of aliphatic hydroxyl groups excluding tert-OH is 1. The van der Waals surface area contributed by atoms with Crippen molar-refractivity contribution in [2.75, 3.05) is 13.2 Å². The highest BCUT2D eigenvalue weighted by Crippen LogP contribution is 2.26. The van der Waals surface area contributed by atoms with Gasteiger partial charge in [-0.2, -0.15) is 0 Å². The SMILES string of the molecule is CC(C)C[C@H](NC(=O)[C@@H]1O[C@@H](C)C[C@H]1C)C(=O)NCCO. The van der Waals surface area contributed by atoms with Crippen molar-refractivity contribution in [2.45, 2.75) is 58.8 Å². The second-order valence-electron chi connectivity index (χ2n) is 6.29. The summed E-state index contributed by atoms with van der Waals surface area (Å²) in [4.78, 5) is 24.4. The third-order valence-corrected chi connectivity index (χ3v) is 3.61. The average Bonchev–Trinajstić information content (AvgIpc) is 2.73. The van der Waals surface area contributed by atoms with Crippen LogP contribution in [0.3, 0.4) is 0 Å². The van der Waals surface area contributed by atoms with E-state index >= 15 is 0 Å². The molecule has 0 aromatic heterocycles. The van der Waals surface area contributed by atoms with Crippen molar-refractivity contribution in [3.8, 4) is 0 Å². The fourth-order valence-corrected chi connectivity index (χ4v) is 2.67. The first-order chi connectivity index (χ1) is 9.85. The molecule has 0 spiro atoms. The quantitative estimate of drug-likeness (QED) is 0.636. The molecule has 1 saturated heterocycles. The maximum Gasteiger partial charge on any atom is 0.250 e. The molecule has 1 aliphatic heterocycles. The maximum atomic E-state index is 12.3. The molecular weight excluding hydrogens is 272 g/mol. The first-order valence-electron chi connectivity index (χ1n) is 7.69. The van der Waals surface area contributed by atoms with E-state index in [4.69, 9.17) is 9.84 Å². The van der Waals surface area contributed by atoms with Crippen LogP contribution in [0, 0.1) is 11.8 Å². The number of carbonyl (C=O) groups excluding carboxylic acids is 2. The van der Waals surface area contributed by atoms with Gasteiger partial charge in [-0.15, -0.1) is 0 Å². The largest absolute Gasteiger partial charge is 0.395 e. The van der Waals surface area contributed by atoms with Crippen molar-refractivity contribution in [2.24, 2.45) is 11.8 Å². The van der Waals surface area contributed by atoms with Crippen molar-refractivity contribution in [3.05, 3.63) is 0 Å². The molecule has 4 atom stereocenters. The molecule has 1 fully saturated rings. The van der Waals surface area contributed by atoms with Crippen LogP contribution in [0.4, 0.5) is 0 Å². The second kappa shape index (κ2) is 8.34. The van der Waals surface area contributed by atoms with E-state index in [0.29, 0.717) is 6.42 Å². The Morgan fingerprint density at radius 2 is 2.00 bits per heavy atom. The highest BCUT2D eigenvalue weighted by Gasteiger charge is 2.36. The number of carbonyl (C=O) groups is 2. The lowest BCUT2D eigenvalue weighted by Gasteiger charge is -2.23. The van der Waals surface area contributed by atoms with Crippen molar-refractivity contribution < 1.29 is 19.4 Å². The van der Waals surface area contributed by atoms with Gasteiger partial charge in [0.05, 0.1) is 12.7 Å². The molecule has 2 amide bonds. The number of rotatable bonds is 7.